The number of pyridine rings is 1. The molecular formula is C32H41F3N6O4. The third kappa shape index (κ3) is 8.80. The standard InChI is InChI=1S/C32H41F3N6O4/c1-3-27(42)37-26(30(44)41-16-14-40(2)15-17-41)19-21-11-12-25(24(33)18-21)38-29(43)28(22-8-5-4-6-9-22)39-31(45)32(34,35)23-10-7-13-36-20-23/h7,10-13,18,20,22,26,28H,3-6,8-9,14-17,19H2,1-2H3,(H,37,42)(H,38,43)(H,39,45)/t26-,28+/m1/s1. The van der Waals surface area contributed by atoms with Crippen LogP contribution in [-0.4, -0.2) is 83.7 Å². The molecule has 1 aliphatic carbocycles. The van der Waals surface area contributed by atoms with Crippen LogP contribution in [0, 0.1) is 11.7 Å². The van der Waals surface area contributed by atoms with E-state index in [1.807, 2.05) is 7.05 Å². The fourth-order valence-corrected chi connectivity index (χ4v) is 5.75. The molecule has 1 aliphatic heterocycles. The zero-order chi connectivity index (χ0) is 32.6. The van der Waals surface area contributed by atoms with Crippen molar-refractivity contribution in [2.24, 2.45) is 5.92 Å². The molecule has 45 heavy (non-hydrogen) atoms. The second-order valence-corrected chi connectivity index (χ2v) is 11.8. The Morgan fingerprint density at radius 1 is 1.02 bits per heavy atom. The first kappa shape index (κ1) is 33.9. The first-order chi connectivity index (χ1) is 21.5. The van der Waals surface area contributed by atoms with Crippen LogP contribution in [0.2, 0.25) is 0 Å². The summed E-state index contributed by atoms with van der Waals surface area (Å²) in [6.07, 6.45) is 5.98. The Morgan fingerprint density at radius 2 is 1.73 bits per heavy atom. The van der Waals surface area contributed by atoms with E-state index in [2.05, 4.69) is 25.8 Å². The van der Waals surface area contributed by atoms with Crippen LogP contribution in [0.25, 0.3) is 0 Å². The molecule has 244 valence electrons. The molecule has 0 spiro atoms. The summed E-state index contributed by atoms with van der Waals surface area (Å²) in [5.74, 6) is -8.14. The third-order valence-electron chi connectivity index (χ3n) is 8.50. The van der Waals surface area contributed by atoms with Crippen LogP contribution in [0.4, 0.5) is 18.9 Å². The van der Waals surface area contributed by atoms with Crippen LogP contribution in [0.1, 0.15) is 56.6 Å². The largest absolute Gasteiger partial charge is 0.351 e. The van der Waals surface area contributed by atoms with Crippen molar-refractivity contribution < 1.29 is 32.3 Å². The molecule has 4 amide bonds. The summed E-state index contributed by atoms with van der Waals surface area (Å²) in [7, 11) is 1.96. The maximum absolute atomic E-state index is 15.3. The molecule has 1 saturated carbocycles. The summed E-state index contributed by atoms with van der Waals surface area (Å²) in [6, 6.07) is 4.19. The van der Waals surface area contributed by atoms with Gasteiger partial charge in [0.05, 0.1) is 5.69 Å². The van der Waals surface area contributed by atoms with Crippen molar-refractivity contribution in [3.05, 3.63) is 59.7 Å². The first-order valence-electron chi connectivity index (χ1n) is 15.4. The van der Waals surface area contributed by atoms with Gasteiger partial charge in [-0.15, -0.1) is 0 Å². The number of nitrogens with one attached hydrogen (secondary N) is 3. The topological polar surface area (TPSA) is 124 Å². The number of alkyl halides is 2. The number of carbonyl (C=O) groups is 4. The van der Waals surface area contributed by atoms with Gasteiger partial charge in [-0.05, 0) is 55.6 Å². The predicted octanol–water partition coefficient (Wildman–Crippen LogP) is 3.23. The van der Waals surface area contributed by atoms with Crippen LogP contribution in [0.3, 0.4) is 0 Å². The summed E-state index contributed by atoms with van der Waals surface area (Å²) < 4.78 is 45.3. The summed E-state index contributed by atoms with van der Waals surface area (Å²) in [5, 5.41) is 7.45. The molecule has 1 aromatic carbocycles. The molecule has 3 N–H and O–H groups in total. The molecule has 0 unspecified atom stereocenters. The van der Waals surface area contributed by atoms with Crippen molar-refractivity contribution >= 4 is 29.3 Å². The average molecular weight is 631 g/mol. The van der Waals surface area contributed by atoms with Crippen molar-refractivity contribution in [1.29, 1.82) is 0 Å². The Morgan fingerprint density at radius 3 is 2.36 bits per heavy atom. The van der Waals surface area contributed by atoms with E-state index in [-0.39, 0.29) is 30.3 Å². The summed E-state index contributed by atoms with van der Waals surface area (Å²) >= 11 is 0. The lowest BCUT2D eigenvalue weighted by Crippen LogP contribution is -2.54. The Hall–Kier alpha value is -4.00. The highest BCUT2D eigenvalue weighted by atomic mass is 19.3. The molecule has 13 heteroatoms. The minimum absolute atomic E-state index is 0.0340. The van der Waals surface area contributed by atoms with Gasteiger partial charge < -0.3 is 25.8 Å². The minimum atomic E-state index is -3.93. The van der Waals surface area contributed by atoms with Gasteiger partial charge >= 0.3 is 5.92 Å². The number of aromatic nitrogens is 1. The van der Waals surface area contributed by atoms with Crippen LogP contribution in [-0.2, 0) is 31.5 Å². The third-order valence-corrected chi connectivity index (χ3v) is 8.50. The Labute approximate surface area is 261 Å². The number of amides is 4. The fraction of sp³-hybridized carbons (Fsp3) is 0.531. The highest BCUT2D eigenvalue weighted by molar-refractivity contribution is 5.98. The van der Waals surface area contributed by atoms with Crippen LogP contribution in [0.15, 0.2) is 42.7 Å². The zero-order valence-corrected chi connectivity index (χ0v) is 25.7. The maximum atomic E-state index is 15.3. The van der Waals surface area contributed by atoms with E-state index < -0.39 is 47.1 Å². The molecule has 2 aliphatic rings. The molecule has 10 nitrogen and oxygen atoms in total. The zero-order valence-electron chi connectivity index (χ0n) is 25.7. The Kier molecular flexibility index (Phi) is 11.5. The highest BCUT2D eigenvalue weighted by Gasteiger charge is 2.44. The molecular weight excluding hydrogens is 589 g/mol. The van der Waals surface area contributed by atoms with Gasteiger partial charge in [0.25, 0.3) is 5.91 Å². The second-order valence-electron chi connectivity index (χ2n) is 11.8. The van der Waals surface area contributed by atoms with E-state index >= 15 is 4.39 Å². The highest BCUT2D eigenvalue weighted by Crippen LogP contribution is 2.31. The number of piperazine rings is 1. The number of likely N-dealkylation sites (N-methyl/N-ethyl adjacent to an activating group) is 1. The average Bonchev–Trinajstić information content (AvgIpc) is 3.05. The van der Waals surface area contributed by atoms with E-state index in [0.29, 0.717) is 44.6 Å². The van der Waals surface area contributed by atoms with E-state index in [1.54, 1.807) is 11.8 Å². The van der Waals surface area contributed by atoms with Gasteiger partial charge in [-0.25, -0.2) is 4.39 Å². The van der Waals surface area contributed by atoms with Gasteiger partial charge in [0.2, 0.25) is 17.7 Å². The number of anilines is 1. The normalized spacial score (nSPS) is 17.7. The van der Waals surface area contributed by atoms with Crippen LogP contribution in [0.5, 0.6) is 0 Å². The summed E-state index contributed by atoms with van der Waals surface area (Å²) in [5.41, 5.74) is -0.383. The first-order valence-corrected chi connectivity index (χ1v) is 15.4. The van der Waals surface area contributed by atoms with Crippen molar-refractivity contribution in [2.75, 3.05) is 38.5 Å². The van der Waals surface area contributed by atoms with Gasteiger partial charge in [0.15, 0.2) is 0 Å². The van der Waals surface area contributed by atoms with Gasteiger partial charge in [0.1, 0.15) is 17.9 Å². The van der Waals surface area contributed by atoms with Gasteiger partial charge in [-0.3, -0.25) is 24.2 Å². The fourth-order valence-electron chi connectivity index (χ4n) is 5.75. The number of nitrogens with zero attached hydrogens (tertiary/aromatic N) is 3. The molecule has 1 saturated heterocycles. The Bertz CT molecular complexity index is 1350. The van der Waals surface area contributed by atoms with E-state index in [1.165, 1.54) is 30.5 Å². The molecule has 2 aromatic rings. The number of benzene rings is 1. The van der Waals surface area contributed by atoms with Gasteiger partial charge in [0, 0.05) is 57.0 Å². The molecule has 0 bridgehead atoms. The van der Waals surface area contributed by atoms with E-state index in [0.717, 1.165) is 31.5 Å². The lowest BCUT2D eigenvalue weighted by molar-refractivity contribution is -0.149. The number of halogens is 3. The Balaban J connectivity index is 1.48. The van der Waals surface area contributed by atoms with Crippen molar-refractivity contribution in [1.82, 2.24) is 25.4 Å². The second kappa shape index (κ2) is 15.3. The number of hydrogen-bond acceptors (Lipinski definition) is 6. The smallest absolute Gasteiger partial charge is 0.344 e. The maximum Gasteiger partial charge on any atom is 0.351 e. The lowest BCUT2D eigenvalue weighted by atomic mass is 9.83. The molecule has 2 fully saturated rings. The predicted molar refractivity (Wildman–Crippen MR) is 162 cm³/mol. The molecule has 1 aromatic heterocycles. The molecule has 4 rings (SSSR count). The van der Waals surface area contributed by atoms with Crippen LogP contribution < -0.4 is 16.0 Å². The minimum Gasteiger partial charge on any atom is -0.344 e. The molecule has 2 heterocycles. The molecule has 2 atom stereocenters. The van der Waals surface area contributed by atoms with E-state index in [4.69, 9.17) is 0 Å². The number of carbonyl (C=O) groups excluding carboxylic acids is 4. The van der Waals surface area contributed by atoms with E-state index in [9.17, 15) is 28.0 Å². The quantitative estimate of drug-likeness (QED) is 0.351. The van der Waals surface area contributed by atoms with Crippen molar-refractivity contribution in [3.63, 3.8) is 0 Å². The summed E-state index contributed by atoms with van der Waals surface area (Å²) in [4.78, 5) is 59.1. The van der Waals surface area contributed by atoms with Gasteiger partial charge in [-0.2, -0.15) is 8.78 Å². The SMILES string of the molecule is CCC(=O)N[C@H](Cc1ccc(NC(=O)[C@@H](NC(=O)C(F)(F)c2cccnc2)C2CCCCC2)c(F)c1)C(=O)N1CCN(C)CC1. The number of rotatable bonds is 11. The van der Waals surface area contributed by atoms with Gasteiger partial charge in [-0.1, -0.05) is 32.3 Å². The van der Waals surface area contributed by atoms with Crippen molar-refractivity contribution in [2.45, 2.75) is 69.9 Å². The summed E-state index contributed by atoms with van der Waals surface area (Å²) in [6.45, 7) is 4.10. The molecule has 0 radical (unpaired) electrons. The monoisotopic (exact) mass is 630 g/mol. The lowest BCUT2D eigenvalue weighted by Gasteiger charge is -2.34. The van der Waals surface area contributed by atoms with Crippen molar-refractivity contribution in [3.8, 4) is 0 Å². The number of hydrogen-bond donors (Lipinski definition) is 3. The van der Waals surface area contributed by atoms with Crippen LogP contribution >= 0.6 is 0 Å².